The van der Waals surface area contributed by atoms with E-state index in [2.05, 4.69) is 21.2 Å². The molecule has 8 heteroatoms. The van der Waals surface area contributed by atoms with Crippen molar-refractivity contribution in [2.45, 2.75) is 31.9 Å². The molecule has 0 unspecified atom stereocenters. The number of nitrogens with zero attached hydrogens (tertiary/aromatic N) is 5. The zero-order chi connectivity index (χ0) is 17.4. The normalized spacial score (nSPS) is 20.8. The number of aliphatic hydroxyl groups is 1. The number of H-pyrrole nitrogens is 1. The molecule has 0 amide bonds. The Hall–Kier alpha value is -2.19. The summed E-state index contributed by atoms with van der Waals surface area (Å²) in [6.45, 7) is 5.42. The lowest BCUT2D eigenvalue weighted by molar-refractivity contribution is 0.140. The largest absolute Gasteiger partial charge is 0.389 e. The van der Waals surface area contributed by atoms with Crippen LogP contribution >= 0.6 is 0 Å². The minimum absolute atomic E-state index is 0.281. The maximum Gasteiger partial charge on any atom is 0.227 e. The molecule has 2 fully saturated rings. The molecule has 0 spiro atoms. The van der Waals surface area contributed by atoms with E-state index in [0.29, 0.717) is 31.6 Å². The van der Waals surface area contributed by atoms with Gasteiger partial charge in [-0.1, -0.05) is 0 Å². The third-order valence-corrected chi connectivity index (χ3v) is 4.95. The highest BCUT2D eigenvalue weighted by Crippen LogP contribution is 2.29. The minimum Gasteiger partial charge on any atom is -0.389 e. The third kappa shape index (κ3) is 3.32. The Bertz CT molecular complexity index is 736. The Morgan fingerprint density at radius 3 is 2.88 bits per heavy atom. The van der Waals surface area contributed by atoms with E-state index in [1.807, 2.05) is 25.1 Å². The molecule has 1 atom stereocenters. The van der Waals surface area contributed by atoms with Gasteiger partial charge in [-0.15, -0.1) is 0 Å². The van der Waals surface area contributed by atoms with E-state index in [1.54, 1.807) is 0 Å². The van der Waals surface area contributed by atoms with E-state index < -0.39 is 0 Å². The van der Waals surface area contributed by atoms with Crippen molar-refractivity contribution in [2.75, 3.05) is 43.2 Å². The second-order valence-electron chi connectivity index (χ2n) is 6.95. The van der Waals surface area contributed by atoms with Crippen molar-refractivity contribution in [3.05, 3.63) is 29.2 Å². The van der Waals surface area contributed by atoms with Gasteiger partial charge in [0, 0.05) is 56.5 Å². The predicted octanol–water partition coefficient (Wildman–Crippen LogP) is 0.829. The molecule has 25 heavy (non-hydrogen) atoms. The van der Waals surface area contributed by atoms with Gasteiger partial charge in [-0.25, -0.2) is 4.98 Å². The first-order valence-electron chi connectivity index (χ1n) is 8.70. The molecule has 0 radical (unpaired) electrons. The van der Waals surface area contributed by atoms with Crippen molar-refractivity contribution >= 4 is 11.8 Å². The lowest BCUT2D eigenvalue weighted by Crippen LogP contribution is -2.51. The minimum atomic E-state index is -0.281. The molecule has 0 saturated carbocycles. The standard InChI is InChI=1S/C17H24N6O2/c1-11-13(6-18-21-11)7-22(2)16-5-15(12-3-4-25-10-12)19-17(20-16)23-8-14(24)9-23/h5-6,12,14,24H,3-4,7-10H2,1-2H3,(H,18,21)/t12-/m0/s1. The number of hydrogen-bond acceptors (Lipinski definition) is 7. The van der Waals surface area contributed by atoms with E-state index >= 15 is 0 Å². The van der Waals surface area contributed by atoms with Gasteiger partial charge in [0.25, 0.3) is 0 Å². The fourth-order valence-corrected chi connectivity index (χ4v) is 3.24. The average molecular weight is 344 g/mol. The van der Waals surface area contributed by atoms with Crippen LogP contribution in [-0.4, -0.2) is 64.7 Å². The van der Waals surface area contributed by atoms with Gasteiger partial charge in [0.1, 0.15) is 5.82 Å². The Kier molecular flexibility index (Phi) is 4.30. The van der Waals surface area contributed by atoms with Crippen molar-refractivity contribution in [2.24, 2.45) is 0 Å². The molecule has 134 valence electrons. The summed E-state index contributed by atoms with van der Waals surface area (Å²) in [6, 6.07) is 2.06. The van der Waals surface area contributed by atoms with Crippen LogP contribution in [0.15, 0.2) is 12.3 Å². The molecule has 0 aliphatic carbocycles. The van der Waals surface area contributed by atoms with Crippen LogP contribution in [0.1, 0.15) is 29.3 Å². The molecule has 4 rings (SSSR count). The Morgan fingerprint density at radius 1 is 1.40 bits per heavy atom. The van der Waals surface area contributed by atoms with Crippen LogP contribution in [0.2, 0.25) is 0 Å². The predicted molar refractivity (Wildman–Crippen MR) is 93.9 cm³/mol. The maximum absolute atomic E-state index is 9.60. The van der Waals surface area contributed by atoms with E-state index in [-0.39, 0.29) is 6.10 Å². The first-order chi connectivity index (χ1) is 12.1. The molecule has 2 aliphatic rings. The van der Waals surface area contributed by atoms with Crippen LogP contribution < -0.4 is 9.80 Å². The van der Waals surface area contributed by atoms with Crippen LogP contribution in [-0.2, 0) is 11.3 Å². The van der Waals surface area contributed by atoms with Crippen LogP contribution in [0, 0.1) is 6.92 Å². The molecule has 2 aromatic rings. The van der Waals surface area contributed by atoms with Crippen molar-refractivity contribution in [3.8, 4) is 0 Å². The number of aromatic nitrogens is 4. The van der Waals surface area contributed by atoms with Crippen LogP contribution in [0.3, 0.4) is 0 Å². The number of anilines is 2. The first kappa shape index (κ1) is 16.3. The lowest BCUT2D eigenvalue weighted by Gasteiger charge is -2.36. The summed E-state index contributed by atoms with van der Waals surface area (Å²) in [5.74, 6) is 1.89. The Balaban J connectivity index is 1.61. The number of nitrogens with one attached hydrogen (secondary N) is 1. The van der Waals surface area contributed by atoms with Gasteiger partial charge in [-0.05, 0) is 13.3 Å². The zero-order valence-corrected chi connectivity index (χ0v) is 14.6. The summed E-state index contributed by atoms with van der Waals surface area (Å²) in [4.78, 5) is 13.6. The van der Waals surface area contributed by atoms with Crippen LogP contribution in [0.4, 0.5) is 11.8 Å². The summed E-state index contributed by atoms with van der Waals surface area (Å²) in [5.41, 5.74) is 3.24. The van der Waals surface area contributed by atoms with Gasteiger partial charge in [-0.2, -0.15) is 10.1 Å². The number of aliphatic hydroxyl groups excluding tert-OH is 1. The summed E-state index contributed by atoms with van der Waals surface area (Å²) in [7, 11) is 2.03. The highest BCUT2D eigenvalue weighted by Gasteiger charge is 2.29. The first-order valence-corrected chi connectivity index (χ1v) is 8.70. The summed E-state index contributed by atoms with van der Waals surface area (Å²) < 4.78 is 5.53. The van der Waals surface area contributed by atoms with E-state index in [1.165, 1.54) is 0 Å². The van der Waals surface area contributed by atoms with E-state index in [9.17, 15) is 5.11 Å². The highest BCUT2D eigenvalue weighted by molar-refractivity contribution is 5.48. The topological polar surface area (TPSA) is 90.4 Å². The second-order valence-corrected chi connectivity index (χ2v) is 6.95. The quantitative estimate of drug-likeness (QED) is 0.830. The molecule has 8 nitrogen and oxygen atoms in total. The van der Waals surface area contributed by atoms with Crippen molar-refractivity contribution in [1.29, 1.82) is 0 Å². The van der Waals surface area contributed by atoms with Crippen molar-refractivity contribution in [1.82, 2.24) is 20.2 Å². The van der Waals surface area contributed by atoms with Gasteiger partial charge >= 0.3 is 0 Å². The molecular weight excluding hydrogens is 320 g/mol. The third-order valence-electron chi connectivity index (χ3n) is 4.95. The SMILES string of the molecule is Cc1[nH]ncc1CN(C)c1cc([C@H]2CCOC2)nc(N2CC(O)C2)n1. The van der Waals surface area contributed by atoms with Gasteiger partial charge in [0.2, 0.25) is 5.95 Å². The second kappa shape index (κ2) is 6.61. The fraction of sp³-hybridized carbons (Fsp3) is 0.588. The molecule has 2 aliphatic heterocycles. The molecule has 2 saturated heterocycles. The number of ether oxygens (including phenoxy) is 1. The number of rotatable bonds is 5. The summed E-state index contributed by atoms with van der Waals surface area (Å²) >= 11 is 0. The molecule has 4 heterocycles. The number of aromatic amines is 1. The van der Waals surface area contributed by atoms with Gasteiger partial charge in [0.05, 0.1) is 24.6 Å². The fourth-order valence-electron chi connectivity index (χ4n) is 3.24. The molecule has 2 aromatic heterocycles. The van der Waals surface area contributed by atoms with Gasteiger partial charge in [-0.3, -0.25) is 5.10 Å². The van der Waals surface area contributed by atoms with E-state index in [4.69, 9.17) is 14.7 Å². The summed E-state index contributed by atoms with van der Waals surface area (Å²) in [5, 5.41) is 16.7. The van der Waals surface area contributed by atoms with Crippen LogP contribution in [0.25, 0.3) is 0 Å². The van der Waals surface area contributed by atoms with Crippen molar-refractivity contribution < 1.29 is 9.84 Å². The van der Waals surface area contributed by atoms with E-state index in [0.717, 1.165) is 42.3 Å². The molecule has 0 aromatic carbocycles. The Morgan fingerprint density at radius 2 is 2.24 bits per heavy atom. The van der Waals surface area contributed by atoms with Crippen molar-refractivity contribution in [3.63, 3.8) is 0 Å². The number of hydrogen-bond donors (Lipinski definition) is 2. The molecule has 2 N–H and O–H groups in total. The highest BCUT2D eigenvalue weighted by atomic mass is 16.5. The maximum atomic E-state index is 9.60. The lowest BCUT2D eigenvalue weighted by atomic mass is 10.0. The summed E-state index contributed by atoms with van der Waals surface area (Å²) in [6.07, 6.45) is 2.56. The van der Waals surface area contributed by atoms with Gasteiger partial charge < -0.3 is 19.6 Å². The van der Waals surface area contributed by atoms with Gasteiger partial charge in [0.15, 0.2) is 0 Å². The molecule has 0 bridgehead atoms. The zero-order valence-electron chi connectivity index (χ0n) is 14.6. The number of aryl methyl sites for hydroxylation is 1. The van der Waals surface area contributed by atoms with Crippen LogP contribution in [0.5, 0.6) is 0 Å². The molecular formula is C17H24N6O2. The smallest absolute Gasteiger partial charge is 0.227 e. The Labute approximate surface area is 146 Å². The number of β-amino-alcohol motifs (C(OH)–C–C–N with tert-alkyl or cyclic N) is 1. The monoisotopic (exact) mass is 344 g/mol. The average Bonchev–Trinajstić information content (AvgIpc) is 3.24.